The van der Waals surface area contributed by atoms with Gasteiger partial charge in [0.25, 0.3) is 0 Å². The zero-order valence-corrected chi connectivity index (χ0v) is 17.6. The van der Waals surface area contributed by atoms with Crippen molar-refractivity contribution >= 4 is 11.8 Å². The highest BCUT2D eigenvalue weighted by Gasteiger charge is 2.18. The number of nitrogens with one attached hydrogen (secondary N) is 1. The average molecular weight is 392 g/mol. The molecule has 4 rings (SSSR count). The molecule has 1 aliphatic carbocycles. The van der Waals surface area contributed by atoms with Crippen molar-refractivity contribution in [2.75, 3.05) is 49.5 Å². The Morgan fingerprint density at radius 2 is 1.83 bits per heavy atom. The van der Waals surface area contributed by atoms with E-state index >= 15 is 0 Å². The van der Waals surface area contributed by atoms with Crippen LogP contribution in [0.4, 0.5) is 11.8 Å². The van der Waals surface area contributed by atoms with Crippen LogP contribution in [0.25, 0.3) is 11.3 Å². The topological polar surface area (TPSA) is 44.3 Å². The van der Waals surface area contributed by atoms with Gasteiger partial charge in [0.2, 0.25) is 5.95 Å². The SMILES string of the molecule is CCN1CCN(c2cc(-c3ccccc3)nc(NCCC3=CCCCC3)n2)CC1. The zero-order chi connectivity index (χ0) is 19.9. The number of benzene rings is 1. The molecule has 1 fully saturated rings. The number of likely N-dealkylation sites (N-methyl/N-ethyl adjacent to an activating group) is 1. The first-order valence-electron chi connectivity index (χ1n) is 11.2. The lowest BCUT2D eigenvalue weighted by Crippen LogP contribution is -2.46. The summed E-state index contributed by atoms with van der Waals surface area (Å²) in [5.41, 5.74) is 3.72. The van der Waals surface area contributed by atoms with Crippen LogP contribution in [-0.2, 0) is 0 Å². The van der Waals surface area contributed by atoms with Crippen LogP contribution in [0.2, 0.25) is 0 Å². The molecule has 1 aromatic carbocycles. The molecule has 1 saturated heterocycles. The Hall–Kier alpha value is -2.40. The summed E-state index contributed by atoms with van der Waals surface area (Å²) in [6, 6.07) is 12.6. The lowest BCUT2D eigenvalue weighted by Gasteiger charge is -2.35. The molecule has 0 radical (unpaired) electrons. The molecule has 0 amide bonds. The van der Waals surface area contributed by atoms with E-state index in [2.05, 4.69) is 58.4 Å². The van der Waals surface area contributed by atoms with Crippen molar-refractivity contribution in [1.29, 1.82) is 0 Å². The van der Waals surface area contributed by atoms with Crippen LogP contribution < -0.4 is 10.2 Å². The Balaban J connectivity index is 1.51. The van der Waals surface area contributed by atoms with Crippen LogP contribution in [0.3, 0.4) is 0 Å². The average Bonchev–Trinajstić information content (AvgIpc) is 2.80. The molecule has 29 heavy (non-hydrogen) atoms. The van der Waals surface area contributed by atoms with Gasteiger partial charge >= 0.3 is 0 Å². The summed E-state index contributed by atoms with van der Waals surface area (Å²) in [4.78, 5) is 14.6. The molecule has 0 unspecified atom stereocenters. The van der Waals surface area contributed by atoms with Crippen molar-refractivity contribution in [3.05, 3.63) is 48.0 Å². The minimum absolute atomic E-state index is 0.746. The van der Waals surface area contributed by atoms with Gasteiger partial charge in [0.05, 0.1) is 5.69 Å². The summed E-state index contributed by atoms with van der Waals surface area (Å²) in [5, 5.41) is 3.50. The third kappa shape index (κ3) is 5.36. The number of hydrogen-bond acceptors (Lipinski definition) is 5. The van der Waals surface area contributed by atoms with Gasteiger partial charge in [0.1, 0.15) is 5.82 Å². The number of anilines is 2. The quantitative estimate of drug-likeness (QED) is 0.700. The van der Waals surface area contributed by atoms with Crippen LogP contribution in [0.1, 0.15) is 39.0 Å². The molecule has 5 heteroatoms. The Kier molecular flexibility index (Phi) is 6.78. The second-order valence-electron chi connectivity index (χ2n) is 8.01. The Morgan fingerprint density at radius 1 is 1.00 bits per heavy atom. The molecule has 1 aromatic heterocycles. The van der Waals surface area contributed by atoms with Gasteiger partial charge in [0, 0.05) is 44.4 Å². The van der Waals surface area contributed by atoms with Crippen molar-refractivity contribution in [1.82, 2.24) is 14.9 Å². The lowest BCUT2D eigenvalue weighted by molar-refractivity contribution is 0.270. The van der Waals surface area contributed by atoms with Crippen LogP contribution >= 0.6 is 0 Å². The van der Waals surface area contributed by atoms with Gasteiger partial charge in [-0.2, -0.15) is 4.98 Å². The predicted molar refractivity (Wildman–Crippen MR) is 121 cm³/mol. The van der Waals surface area contributed by atoms with Gasteiger partial charge < -0.3 is 15.1 Å². The standard InChI is InChI=1S/C24H33N5/c1-2-28-15-17-29(18-16-28)23-19-22(21-11-7-4-8-12-21)26-24(27-23)25-14-13-20-9-5-3-6-10-20/h4,7-9,11-12,19H,2-3,5-6,10,13-18H2,1H3,(H,25,26,27). The molecule has 0 atom stereocenters. The molecular formula is C24H33N5. The molecule has 0 saturated carbocycles. The summed E-state index contributed by atoms with van der Waals surface area (Å²) in [6.07, 6.45) is 8.67. The maximum Gasteiger partial charge on any atom is 0.225 e. The van der Waals surface area contributed by atoms with E-state index in [1.165, 1.54) is 25.7 Å². The lowest BCUT2D eigenvalue weighted by atomic mass is 9.97. The largest absolute Gasteiger partial charge is 0.354 e. The summed E-state index contributed by atoms with van der Waals surface area (Å²) < 4.78 is 0. The van der Waals surface area contributed by atoms with Crippen molar-refractivity contribution in [3.8, 4) is 11.3 Å². The van der Waals surface area contributed by atoms with Crippen molar-refractivity contribution in [2.24, 2.45) is 0 Å². The number of piperazine rings is 1. The molecule has 2 heterocycles. The second kappa shape index (κ2) is 9.88. The molecule has 2 aromatic rings. The maximum absolute atomic E-state index is 4.88. The molecule has 5 nitrogen and oxygen atoms in total. The van der Waals surface area contributed by atoms with Gasteiger partial charge in [-0.05, 0) is 38.6 Å². The normalized spacial score (nSPS) is 17.8. The van der Waals surface area contributed by atoms with E-state index < -0.39 is 0 Å². The number of allylic oxidation sites excluding steroid dienone is 1. The van der Waals surface area contributed by atoms with Crippen molar-refractivity contribution < 1.29 is 0 Å². The third-order valence-electron chi connectivity index (χ3n) is 6.04. The maximum atomic E-state index is 4.88. The summed E-state index contributed by atoms with van der Waals surface area (Å²) in [7, 11) is 0. The molecule has 1 N–H and O–H groups in total. The Labute approximate surface area is 174 Å². The summed E-state index contributed by atoms with van der Waals surface area (Å²) in [6.45, 7) is 8.48. The van der Waals surface area contributed by atoms with E-state index in [9.17, 15) is 0 Å². The van der Waals surface area contributed by atoms with E-state index in [1.54, 1.807) is 5.57 Å². The fourth-order valence-corrected chi connectivity index (χ4v) is 4.19. The molecule has 2 aliphatic rings. The van der Waals surface area contributed by atoms with Gasteiger partial charge in [0.15, 0.2) is 0 Å². The van der Waals surface area contributed by atoms with E-state index in [-0.39, 0.29) is 0 Å². The Bertz CT molecular complexity index is 809. The van der Waals surface area contributed by atoms with Crippen LogP contribution in [0.15, 0.2) is 48.0 Å². The number of hydrogen-bond donors (Lipinski definition) is 1. The zero-order valence-electron chi connectivity index (χ0n) is 17.6. The highest BCUT2D eigenvalue weighted by molar-refractivity contribution is 5.64. The van der Waals surface area contributed by atoms with Crippen molar-refractivity contribution in [2.45, 2.75) is 39.0 Å². The first kappa shape index (κ1) is 19.9. The van der Waals surface area contributed by atoms with Gasteiger partial charge in [-0.3, -0.25) is 0 Å². The molecule has 1 aliphatic heterocycles. The Morgan fingerprint density at radius 3 is 2.55 bits per heavy atom. The minimum Gasteiger partial charge on any atom is -0.354 e. The fraction of sp³-hybridized carbons (Fsp3) is 0.500. The summed E-state index contributed by atoms with van der Waals surface area (Å²) >= 11 is 0. The summed E-state index contributed by atoms with van der Waals surface area (Å²) in [5.74, 6) is 1.78. The molecular weight excluding hydrogens is 358 g/mol. The van der Waals surface area contributed by atoms with Gasteiger partial charge in [-0.15, -0.1) is 0 Å². The van der Waals surface area contributed by atoms with E-state index in [1.807, 2.05) is 6.07 Å². The monoisotopic (exact) mass is 391 g/mol. The number of nitrogens with zero attached hydrogens (tertiary/aromatic N) is 4. The van der Waals surface area contributed by atoms with E-state index in [4.69, 9.17) is 9.97 Å². The van der Waals surface area contributed by atoms with Crippen LogP contribution in [0, 0.1) is 0 Å². The number of aromatic nitrogens is 2. The highest BCUT2D eigenvalue weighted by Crippen LogP contribution is 2.25. The third-order valence-corrected chi connectivity index (χ3v) is 6.04. The smallest absolute Gasteiger partial charge is 0.225 e. The first-order chi connectivity index (χ1) is 14.3. The number of rotatable bonds is 7. The van der Waals surface area contributed by atoms with Crippen molar-refractivity contribution in [3.63, 3.8) is 0 Å². The minimum atomic E-state index is 0.746. The highest BCUT2D eigenvalue weighted by atomic mass is 15.3. The van der Waals surface area contributed by atoms with E-state index in [0.29, 0.717) is 0 Å². The first-order valence-corrected chi connectivity index (χ1v) is 11.2. The molecule has 0 spiro atoms. The van der Waals surface area contributed by atoms with Crippen LogP contribution in [-0.4, -0.2) is 54.1 Å². The second-order valence-corrected chi connectivity index (χ2v) is 8.01. The fourth-order valence-electron chi connectivity index (χ4n) is 4.19. The molecule has 154 valence electrons. The van der Waals surface area contributed by atoms with Gasteiger partial charge in [-0.1, -0.05) is 48.9 Å². The van der Waals surface area contributed by atoms with E-state index in [0.717, 1.165) is 68.7 Å². The molecule has 0 bridgehead atoms. The predicted octanol–water partition coefficient (Wildman–Crippen LogP) is 4.59. The van der Waals surface area contributed by atoms with Crippen LogP contribution in [0.5, 0.6) is 0 Å². The van der Waals surface area contributed by atoms with Gasteiger partial charge in [-0.25, -0.2) is 4.98 Å².